The van der Waals surface area contributed by atoms with E-state index in [4.69, 9.17) is 4.74 Å². The van der Waals surface area contributed by atoms with Crippen LogP contribution in [-0.4, -0.2) is 23.8 Å². The summed E-state index contributed by atoms with van der Waals surface area (Å²) < 4.78 is 5.60. The average molecular weight is 263 g/mol. The highest BCUT2D eigenvalue weighted by molar-refractivity contribution is 5.28. The summed E-state index contributed by atoms with van der Waals surface area (Å²) >= 11 is 0. The molecule has 0 amide bonds. The molecule has 1 aromatic carbocycles. The summed E-state index contributed by atoms with van der Waals surface area (Å²) in [4.78, 5) is 0. The van der Waals surface area contributed by atoms with E-state index >= 15 is 0 Å². The lowest BCUT2D eigenvalue weighted by Gasteiger charge is -2.25. The summed E-state index contributed by atoms with van der Waals surface area (Å²) in [5.41, 5.74) is 0.975. The van der Waals surface area contributed by atoms with Crippen molar-refractivity contribution in [1.82, 2.24) is 5.32 Å². The van der Waals surface area contributed by atoms with Crippen LogP contribution in [0.4, 0.5) is 0 Å². The molecule has 106 valence electrons. The molecule has 3 nitrogen and oxygen atoms in total. The van der Waals surface area contributed by atoms with Crippen molar-refractivity contribution in [3.05, 3.63) is 29.8 Å². The second-order valence-corrected chi connectivity index (χ2v) is 5.63. The number of piperidine rings is 1. The van der Waals surface area contributed by atoms with E-state index in [1.807, 2.05) is 38.1 Å². The van der Waals surface area contributed by atoms with Gasteiger partial charge in [0.15, 0.2) is 0 Å². The van der Waals surface area contributed by atoms with Crippen molar-refractivity contribution < 1.29 is 9.84 Å². The number of hydrogen-bond acceptors (Lipinski definition) is 3. The maximum atomic E-state index is 10.3. The van der Waals surface area contributed by atoms with Crippen LogP contribution in [-0.2, 0) is 0 Å². The van der Waals surface area contributed by atoms with Gasteiger partial charge in [-0.3, -0.25) is 0 Å². The van der Waals surface area contributed by atoms with Gasteiger partial charge in [-0.2, -0.15) is 0 Å². The van der Waals surface area contributed by atoms with Crippen molar-refractivity contribution in [2.24, 2.45) is 0 Å². The summed E-state index contributed by atoms with van der Waals surface area (Å²) in [6.45, 7) is 5.10. The second-order valence-electron chi connectivity index (χ2n) is 5.63. The first kappa shape index (κ1) is 14.4. The van der Waals surface area contributed by atoms with Crippen LogP contribution in [0.15, 0.2) is 24.3 Å². The number of aliphatic hydroxyl groups is 1. The molecule has 2 atom stereocenters. The zero-order chi connectivity index (χ0) is 13.7. The van der Waals surface area contributed by atoms with E-state index in [2.05, 4.69) is 5.32 Å². The predicted molar refractivity (Wildman–Crippen MR) is 77.4 cm³/mol. The Morgan fingerprint density at radius 1 is 1.26 bits per heavy atom. The van der Waals surface area contributed by atoms with Gasteiger partial charge in [0.1, 0.15) is 5.75 Å². The van der Waals surface area contributed by atoms with Gasteiger partial charge >= 0.3 is 0 Å². The zero-order valence-electron chi connectivity index (χ0n) is 11.9. The highest BCUT2D eigenvalue weighted by atomic mass is 16.5. The lowest BCUT2D eigenvalue weighted by molar-refractivity contribution is 0.144. The Morgan fingerprint density at radius 3 is 2.58 bits per heavy atom. The van der Waals surface area contributed by atoms with Gasteiger partial charge in [-0.1, -0.05) is 18.6 Å². The Balaban J connectivity index is 1.89. The minimum Gasteiger partial charge on any atom is -0.491 e. The van der Waals surface area contributed by atoms with Crippen LogP contribution in [0.5, 0.6) is 5.75 Å². The molecule has 0 aliphatic carbocycles. The smallest absolute Gasteiger partial charge is 0.119 e. The maximum absolute atomic E-state index is 10.3. The summed E-state index contributed by atoms with van der Waals surface area (Å²) in [6, 6.07) is 8.26. The summed E-state index contributed by atoms with van der Waals surface area (Å²) in [6.07, 6.45) is 4.29. The third kappa shape index (κ3) is 4.51. The molecule has 3 heteroatoms. The van der Waals surface area contributed by atoms with Crippen molar-refractivity contribution in [2.45, 2.75) is 57.8 Å². The van der Waals surface area contributed by atoms with Crippen LogP contribution in [0.1, 0.15) is 51.2 Å². The average Bonchev–Trinajstić information content (AvgIpc) is 2.40. The number of rotatable bonds is 5. The minimum atomic E-state index is -0.385. The molecule has 1 heterocycles. The van der Waals surface area contributed by atoms with Crippen LogP contribution in [0.25, 0.3) is 0 Å². The second kappa shape index (κ2) is 6.92. The van der Waals surface area contributed by atoms with E-state index in [-0.39, 0.29) is 12.2 Å². The highest BCUT2D eigenvalue weighted by Gasteiger charge is 2.18. The topological polar surface area (TPSA) is 41.5 Å². The van der Waals surface area contributed by atoms with Crippen molar-refractivity contribution >= 4 is 0 Å². The maximum Gasteiger partial charge on any atom is 0.119 e. The lowest BCUT2D eigenvalue weighted by Crippen LogP contribution is -2.35. The number of nitrogens with one attached hydrogen (secondary N) is 1. The fourth-order valence-electron chi connectivity index (χ4n) is 2.57. The first-order valence-corrected chi connectivity index (χ1v) is 7.33. The third-order valence-electron chi connectivity index (χ3n) is 3.56. The van der Waals surface area contributed by atoms with E-state index in [9.17, 15) is 5.11 Å². The molecule has 0 bridgehead atoms. The molecule has 1 aromatic rings. The van der Waals surface area contributed by atoms with Gasteiger partial charge in [-0.15, -0.1) is 0 Å². The first-order valence-electron chi connectivity index (χ1n) is 7.33. The molecule has 2 unspecified atom stereocenters. The number of benzene rings is 1. The predicted octanol–water partition coefficient (Wildman–Crippen LogP) is 3.04. The zero-order valence-corrected chi connectivity index (χ0v) is 11.9. The lowest BCUT2D eigenvalue weighted by atomic mass is 9.96. The molecular weight excluding hydrogens is 238 g/mol. The molecule has 1 saturated heterocycles. The standard InChI is InChI=1S/C16H25NO2/c1-12(2)19-15-8-6-13(7-9-15)16(18)11-14-5-3-4-10-17-14/h6-9,12,14,16-18H,3-5,10-11H2,1-2H3. The number of hydrogen-bond donors (Lipinski definition) is 2. The van der Waals surface area contributed by atoms with E-state index in [1.54, 1.807) is 0 Å². The van der Waals surface area contributed by atoms with Crippen molar-refractivity contribution in [2.75, 3.05) is 6.54 Å². The van der Waals surface area contributed by atoms with Crippen LogP contribution in [0.3, 0.4) is 0 Å². The Labute approximate surface area is 116 Å². The number of ether oxygens (including phenoxy) is 1. The van der Waals surface area contributed by atoms with Gasteiger partial charge in [-0.25, -0.2) is 0 Å². The monoisotopic (exact) mass is 263 g/mol. The Bertz CT molecular complexity index is 369. The van der Waals surface area contributed by atoms with Crippen LogP contribution in [0.2, 0.25) is 0 Å². The van der Waals surface area contributed by atoms with Gasteiger partial charge < -0.3 is 15.2 Å². The number of aliphatic hydroxyl groups excluding tert-OH is 1. The fraction of sp³-hybridized carbons (Fsp3) is 0.625. The van der Waals surface area contributed by atoms with Gasteiger partial charge in [0.05, 0.1) is 12.2 Å². The van der Waals surface area contributed by atoms with Gasteiger partial charge in [0.25, 0.3) is 0 Å². The molecule has 2 N–H and O–H groups in total. The van der Waals surface area contributed by atoms with Crippen LogP contribution < -0.4 is 10.1 Å². The van der Waals surface area contributed by atoms with Crippen molar-refractivity contribution in [3.8, 4) is 5.75 Å². The Morgan fingerprint density at radius 2 is 2.00 bits per heavy atom. The third-order valence-corrected chi connectivity index (χ3v) is 3.56. The van der Waals surface area contributed by atoms with E-state index in [0.717, 1.165) is 24.3 Å². The molecule has 1 aliphatic heterocycles. The van der Waals surface area contributed by atoms with Crippen molar-refractivity contribution in [3.63, 3.8) is 0 Å². The molecule has 0 saturated carbocycles. The summed E-state index contributed by atoms with van der Waals surface area (Å²) in [5, 5.41) is 13.7. The first-order chi connectivity index (χ1) is 9.15. The van der Waals surface area contributed by atoms with Gasteiger partial charge in [0, 0.05) is 6.04 Å². The Hall–Kier alpha value is -1.06. The highest BCUT2D eigenvalue weighted by Crippen LogP contribution is 2.24. The van der Waals surface area contributed by atoms with E-state index in [1.165, 1.54) is 19.3 Å². The Kier molecular flexibility index (Phi) is 5.23. The SMILES string of the molecule is CC(C)Oc1ccc(C(O)CC2CCCCN2)cc1. The molecule has 19 heavy (non-hydrogen) atoms. The van der Waals surface area contributed by atoms with E-state index in [0.29, 0.717) is 6.04 Å². The molecule has 0 aromatic heterocycles. The molecule has 0 spiro atoms. The van der Waals surface area contributed by atoms with Crippen LogP contribution in [0, 0.1) is 0 Å². The summed E-state index contributed by atoms with van der Waals surface area (Å²) in [5.74, 6) is 0.863. The molecule has 1 fully saturated rings. The molecule has 2 rings (SSSR count). The van der Waals surface area contributed by atoms with E-state index < -0.39 is 0 Å². The molecular formula is C16H25NO2. The van der Waals surface area contributed by atoms with Crippen molar-refractivity contribution in [1.29, 1.82) is 0 Å². The summed E-state index contributed by atoms with van der Waals surface area (Å²) in [7, 11) is 0. The largest absolute Gasteiger partial charge is 0.491 e. The fourth-order valence-corrected chi connectivity index (χ4v) is 2.57. The normalized spacial score (nSPS) is 21.4. The molecule has 0 radical (unpaired) electrons. The quantitative estimate of drug-likeness (QED) is 0.858. The van der Waals surface area contributed by atoms with Crippen LogP contribution >= 0.6 is 0 Å². The minimum absolute atomic E-state index is 0.183. The molecule has 1 aliphatic rings. The van der Waals surface area contributed by atoms with Gasteiger partial charge in [-0.05, 0) is 57.4 Å². The van der Waals surface area contributed by atoms with Gasteiger partial charge in [0.2, 0.25) is 0 Å².